The Balaban J connectivity index is 1.54. The Kier molecular flexibility index (Phi) is 7.48. The number of carbonyl (C=O) groups excluding carboxylic acids is 2. The largest absolute Gasteiger partial charge is 0.493 e. The van der Waals surface area contributed by atoms with Gasteiger partial charge in [-0.05, 0) is 68.5 Å². The summed E-state index contributed by atoms with van der Waals surface area (Å²) in [5.41, 5.74) is -0.178. The molecule has 0 bridgehead atoms. The maximum absolute atomic E-state index is 13.3. The summed E-state index contributed by atoms with van der Waals surface area (Å²) in [7, 11) is 0. The summed E-state index contributed by atoms with van der Waals surface area (Å²) in [6, 6.07) is 9.22. The van der Waals surface area contributed by atoms with Crippen LogP contribution in [0.4, 0.5) is 4.39 Å². The number of hydrogen-bond acceptors (Lipinski definition) is 4. The highest BCUT2D eigenvalue weighted by atomic mass is 35.5. The van der Waals surface area contributed by atoms with Gasteiger partial charge in [0.25, 0.3) is 5.91 Å². The molecule has 2 saturated heterocycles. The van der Waals surface area contributed by atoms with Crippen molar-refractivity contribution in [3.63, 3.8) is 0 Å². The number of halogens is 2. The molecule has 0 aliphatic carbocycles. The van der Waals surface area contributed by atoms with Crippen molar-refractivity contribution >= 4 is 23.4 Å². The van der Waals surface area contributed by atoms with Crippen LogP contribution >= 0.6 is 11.6 Å². The van der Waals surface area contributed by atoms with Gasteiger partial charge in [0.2, 0.25) is 5.91 Å². The number of likely N-dealkylation sites (tertiary alicyclic amines) is 2. The second kappa shape index (κ2) is 10.5. The van der Waals surface area contributed by atoms with Gasteiger partial charge in [-0.2, -0.15) is 0 Å². The number of amides is 2. The summed E-state index contributed by atoms with van der Waals surface area (Å²) in [5, 5.41) is 0.172. The number of nitrogens with zero attached hydrogens (tertiary/aromatic N) is 3. The van der Waals surface area contributed by atoms with E-state index in [1.807, 2.05) is 4.90 Å². The highest BCUT2D eigenvalue weighted by molar-refractivity contribution is 6.32. The van der Waals surface area contributed by atoms with E-state index < -0.39 is 5.41 Å². The van der Waals surface area contributed by atoms with Crippen molar-refractivity contribution in [1.29, 1.82) is 0 Å². The van der Waals surface area contributed by atoms with Crippen LogP contribution in [0.2, 0.25) is 5.15 Å². The molecule has 6 nitrogen and oxygen atoms in total. The maximum atomic E-state index is 13.3. The monoisotopic (exact) mass is 473 g/mol. The molecular formula is C25H29ClFN3O3. The zero-order valence-corrected chi connectivity index (χ0v) is 19.4. The minimum Gasteiger partial charge on any atom is -0.493 e. The van der Waals surface area contributed by atoms with Gasteiger partial charge in [0.05, 0.1) is 12.2 Å². The zero-order chi connectivity index (χ0) is 23.3. The van der Waals surface area contributed by atoms with Crippen LogP contribution in [0.5, 0.6) is 5.75 Å². The van der Waals surface area contributed by atoms with Gasteiger partial charge in [0, 0.05) is 44.2 Å². The van der Waals surface area contributed by atoms with E-state index in [0.717, 1.165) is 45.2 Å². The van der Waals surface area contributed by atoms with E-state index in [4.69, 9.17) is 16.3 Å². The fourth-order valence-electron chi connectivity index (χ4n) is 4.75. The smallest absolute Gasteiger partial charge is 0.257 e. The molecule has 4 rings (SSSR count). The minimum absolute atomic E-state index is 0.103. The number of ether oxygens (including phenoxy) is 1. The van der Waals surface area contributed by atoms with Crippen molar-refractivity contribution in [3.05, 3.63) is 59.1 Å². The molecule has 2 aliphatic heterocycles. The molecule has 1 aromatic heterocycles. The summed E-state index contributed by atoms with van der Waals surface area (Å²) in [6.45, 7) is 2.80. The third-order valence-electron chi connectivity index (χ3n) is 6.53. The Hall–Kier alpha value is -2.67. The summed E-state index contributed by atoms with van der Waals surface area (Å²) >= 11 is 6.17. The van der Waals surface area contributed by atoms with Crippen LogP contribution in [-0.2, 0) is 4.79 Å². The number of benzene rings is 1. The van der Waals surface area contributed by atoms with E-state index in [-0.39, 0.29) is 29.4 Å². The first kappa shape index (κ1) is 23.5. The molecule has 2 amide bonds. The minimum atomic E-state index is -0.536. The molecule has 3 heterocycles. The molecule has 176 valence electrons. The lowest BCUT2D eigenvalue weighted by Crippen LogP contribution is -2.51. The Labute approximate surface area is 198 Å². The fourth-order valence-corrected chi connectivity index (χ4v) is 4.95. The van der Waals surface area contributed by atoms with E-state index in [1.165, 1.54) is 12.1 Å². The van der Waals surface area contributed by atoms with E-state index in [9.17, 15) is 14.0 Å². The summed E-state index contributed by atoms with van der Waals surface area (Å²) in [5.74, 6) is 0.121. The first-order valence-electron chi connectivity index (χ1n) is 11.5. The molecule has 1 aromatic carbocycles. The van der Waals surface area contributed by atoms with Gasteiger partial charge in [0.15, 0.2) is 0 Å². The second-order valence-corrected chi connectivity index (χ2v) is 9.39. The van der Waals surface area contributed by atoms with E-state index in [0.29, 0.717) is 30.8 Å². The highest BCUT2D eigenvalue weighted by Crippen LogP contribution is 2.36. The lowest BCUT2D eigenvalue weighted by atomic mass is 9.77. The van der Waals surface area contributed by atoms with Crippen LogP contribution < -0.4 is 4.74 Å². The summed E-state index contributed by atoms with van der Waals surface area (Å²) in [6.07, 6.45) is 6.56. The first-order chi connectivity index (χ1) is 16.0. The summed E-state index contributed by atoms with van der Waals surface area (Å²) < 4.78 is 19.3. The molecule has 1 atom stereocenters. The molecule has 0 N–H and O–H groups in total. The number of piperidine rings is 2. The van der Waals surface area contributed by atoms with Crippen molar-refractivity contribution in [3.8, 4) is 5.75 Å². The molecule has 0 saturated carbocycles. The first-order valence-corrected chi connectivity index (χ1v) is 11.9. The van der Waals surface area contributed by atoms with Crippen LogP contribution in [0.1, 0.15) is 48.9 Å². The van der Waals surface area contributed by atoms with Gasteiger partial charge < -0.3 is 14.5 Å². The third kappa shape index (κ3) is 5.82. The van der Waals surface area contributed by atoms with Gasteiger partial charge >= 0.3 is 0 Å². The average Bonchev–Trinajstić information content (AvgIpc) is 2.84. The van der Waals surface area contributed by atoms with Crippen molar-refractivity contribution in [2.45, 2.75) is 38.5 Å². The third-order valence-corrected chi connectivity index (χ3v) is 6.83. The zero-order valence-electron chi connectivity index (χ0n) is 18.6. The maximum Gasteiger partial charge on any atom is 0.257 e. The number of hydrogen-bond donors (Lipinski definition) is 0. The molecule has 0 spiro atoms. The number of carbonyl (C=O) groups is 2. The molecule has 0 radical (unpaired) electrons. The van der Waals surface area contributed by atoms with Crippen molar-refractivity contribution in [2.75, 3.05) is 32.8 Å². The normalized spacial score (nSPS) is 21.0. The Morgan fingerprint density at radius 1 is 1.03 bits per heavy atom. The van der Waals surface area contributed by atoms with Gasteiger partial charge in [-0.25, -0.2) is 9.37 Å². The molecule has 2 fully saturated rings. The molecule has 2 aromatic rings. The highest BCUT2D eigenvalue weighted by Gasteiger charge is 2.41. The lowest BCUT2D eigenvalue weighted by Gasteiger charge is -2.43. The van der Waals surface area contributed by atoms with Crippen LogP contribution in [0, 0.1) is 11.2 Å². The Morgan fingerprint density at radius 3 is 2.48 bits per heavy atom. The topological polar surface area (TPSA) is 62.7 Å². The summed E-state index contributed by atoms with van der Waals surface area (Å²) in [4.78, 5) is 34.2. The fraction of sp³-hybridized carbons (Fsp3) is 0.480. The van der Waals surface area contributed by atoms with Crippen molar-refractivity contribution in [1.82, 2.24) is 14.8 Å². The van der Waals surface area contributed by atoms with Crippen LogP contribution in [0.15, 0.2) is 42.6 Å². The molecule has 33 heavy (non-hydrogen) atoms. The molecule has 8 heteroatoms. The number of rotatable bonds is 6. The van der Waals surface area contributed by atoms with Gasteiger partial charge in [-0.3, -0.25) is 9.59 Å². The van der Waals surface area contributed by atoms with Gasteiger partial charge in [-0.15, -0.1) is 0 Å². The average molecular weight is 474 g/mol. The Bertz CT molecular complexity index is 981. The van der Waals surface area contributed by atoms with E-state index in [2.05, 4.69) is 4.98 Å². The number of pyridine rings is 1. The van der Waals surface area contributed by atoms with Crippen LogP contribution in [0.25, 0.3) is 0 Å². The van der Waals surface area contributed by atoms with Crippen LogP contribution in [0.3, 0.4) is 0 Å². The molecular weight excluding hydrogens is 445 g/mol. The van der Waals surface area contributed by atoms with E-state index in [1.54, 1.807) is 35.4 Å². The second-order valence-electron chi connectivity index (χ2n) is 9.03. The molecule has 0 unspecified atom stereocenters. The van der Waals surface area contributed by atoms with Crippen molar-refractivity contribution < 1.29 is 18.7 Å². The predicted molar refractivity (Wildman–Crippen MR) is 124 cm³/mol. The quantitative estimate of drug-likeness (QED) is 0.576. The van der Waals surface area contributed by atoms with Gasteiger partial charge in [0.1, 0.15) is 16.7 Å². The van der Waals surface area contributed by atoms with Crippen LogP contribution in [-0.4, -0.2) is 59.4 Å². The molecule has 2 aliphatic rings. The standard InChI is InChI=1S/C25H29ClFN3O3/c26-23-21(6-4-12-28-23)24(32)30-15-5-11-25(17-30,16-22(31)29-13-2-1-3-14-29)18-33-20-9-7-19(27)8-10-20/h4,6-10,12H,1-3,5,11,13-18H2/t25-/m1/s1. The SMILES string of the molecule is O=C(C[C@]1(COc2ccc(F)cc2)CCCN(C(=O)c2cccnc2Cl)C1)N1CCCCC1. The van der Waals surface area contributed by atoms with Gasteiger partial charge in [-0.1, -0.05) is 11.6 Å². The number of aromatic nitrogens is 1. The lowest BCUT2D eigenvalue weighted by molar-refractivity contribution is -0.136. The predicted octanol–water partition coefficient (Wildman–Crippen LogP) is 4.58. The van der Waals surface area contributed by atoms with Crippen molar-refractivity contribution in [2.24, 2.45) is 5.41 Å². The van der Waals surface area contributed by atoms with E-state index >= 15 is 0 Å². The Morgan fingerprint density at radius 2 is 1.76 bits per heavy atom.